The van der Waals surface area contributed by atoms with E-state index in [1.807, 2.05) is 6.20 Å². The standard InChI is InChI=1S/C13H24N2S/c1-9(2)7-10(3)15-13(5,6)12-14-8-11(4)16-12/h8-10,15H,7H2,1-6H3. The summed E-state index contributed by atoms with van der Waals surface area (Å²) < 4.78 is 0. The lowest BCUT2D eigenvalue weighted by atomic mass is 10.0. The second-order valence-electron chi connectivity index (χ2n) is 5.58. The van der Waals surface area contributed by atoms with Gasteiger partial charge in [-0.3, -0.25) is 0 Å². The highest BCUT2D eigenvalue weighted by molar-refractivity contribution is 7.11. The average molecular weight is 240 g/mol. The molecule has 3 heteroatoms. The van der Waals surface area contributed by atoms with Gasteiger partial charge in [-0.2, -0.15) is 0 Å². The maximum absolute atomic E-state index is 4.48. The predicted molar refractivity (Wildman–Crippen MR) is 71.9 cm³/mol. The van der Waals surface area contributed by atoms with Crippen LogP contribution in [0.2, 0.25) is 0 Å². The first-order valence-corrected chi connectivity index (χ1v) is 6.83. The number of aromatic nitrogens is 1. The Morgan fingerprint density at radius 3 is 2.44 bits per heavy atom. The maximum Gasteiger partial charge on any atom is 0.112 e. The fraction of sp³-hybridized carbons (Fsp3) is 0.769. The van der Waals surface area contributed by atoms with E-state index in [0.717, 1.165) is 5.92 Å². The smallest absolute Gasteiger partial charge is 0.112 e. The van der Waals surface area contributed by atoms with E-state index in [9.17, 15) is 0 Å². The van der Waals surface area contributed by atoms with E-state index in [4.69, 9.17) is 0 Å². The van der Waals surface area contributed by atoms with Gasteiger partial charge >= 0.3 is 0 Å². The highest BCUT2D eigenvalue weighted by atomic mass is 32.1. The zero-order chi connectivity index (χ0) is 12.3. The Balaban J connectivity index is 2.64. The Hall–Kier alpha value is -0.410. The molecular weight excluding hydrogens is 216 g/mol. The highest BCUT2D eigenvalue weighted by Gasteiger charge is 2.25. The fourth-order valence-corrected chi connectivity index (χ4v) is 2.92. The van der Waals surface area contributed by atoms with Crippen LogP contribution in [0, 0.1) is 12.8 Å². The van der Waals surface area contributed by atoms with Gasteiger partial charge in [-0.05, 0) is 40.0 Å². The Morgan fingerprint density at radius 2 is 2.00 bits per heavy atom. The van der Waals surface area contributed by atoms with Gasteiger partial charge in [-0.25, -0.2) is 4.98 Å². The summed E-state index contributed by atoms with van der Waals surface area (Å²) in [5.41, 5.74) is -0.0206. The molecule has 0 saturated carbocycles. The van der Waals surface area contributed by atoms with Gasteiger partial charge in [0.25, 0.3) is 0 Å². The van der Waals surface area contributed by atoms with Crippen LogP contribution in [0.5, 0.6) is 0 Å². The number of thiazole rings is 1. The minimum atomic E-state index is -0.0206. The maximum atomic E-state index is 4.48. The van der Waals surface area contributed by atoms with Crippen LogP contribution >= 0.6 is 11.3 Å². The van der Waals surface area contributed by atoms with Crippen LogP contribution in [0.25, 0.3) is 0 Å². The minimum Gasteiger partial charge on any atom is -0.303 e. The molecule has 1 unspecified atom stereocenters. The minimum absolute atomic E-state index is 0.0206. The largest absolute Gasteiger partial charge is 0.303 e. The van der Waals surface area contributed by atoms with Crippen molar-refractivity contribution in [1.29, 1.82) is 0 Å². The molecule has 92 valence electrons. The third-order valence-corrected chi connectivity index (χ3v) is 3.82. The van der Waals surface area contributed by atoms with Gasteiger partial charge in [0.1, 0.15) is 5.01 Å². The molecular formula is C13H24N2S. The molecule has 0 saturated heterocycles. The zero-order valence-electron chi connectivity index (χ0n) is 11.3. The monoisotopic (exact) mass is 240 g/mol. The lowest BCUT2D eigenvalue weighted by molar-refractivity contribution is 0.320. The van der Waals surface area contributed by atoms with Crippen molar-refractivity contribution in [1.82, 2.24) is 10.3 Å². The van der Waals surface area contributed by atoms with Gasteiger partial charge in [0.05, 0.1) is 5.54 Å². The number of hydrogen-bond donors (Lipinski definition) is 1. The molecule has 1 aromatic rings. The van der Waals surface area contributed by atoms with Crippen LogP contribution < -0.4 is 5.32 Å². The molecule has 0 aromatic carbocycles. The van der Waals surface area contributed by atoms with E-state index in [1.54, 1.807) is 11.3 Å². The lowest BCUT2D eigenvalue weighted by Gasteiger charge is -2.29. The van der Waals surface area contributed by atoms with Crippen LogP contribution in [0.15, 0.2) is 6.20 Å². The Bertz CT molecular complexity index is 328. The van der Waals surface area contributed by atoms with Gasteiger partial charge in [-0.15, -0.1) is 11.3 Å². The SMILES string of the molecule is Cc1cnc(C(C)(C)NC(C)CC(C)C)s1. The van der Waals surface area contributed by atoms with Crippen LogP contribution in [0.3, 0.4) is 0 Å². The number of nitrogens with one attached hydrogen (secondary N) is 1. The van der Waals surface area contributed by atoms with E-state index in [2.05, 4.69) is 51.8 Å². The Morgan fingerprint density at radius 1 is 1.38 bits per heavy atom. The molecule has 2 nitrogen and oxygen atoms in total. The Labute approximate surface area is 103 Å². The van der Waals surface area contributed by atoms with Gasteiger partial charge in [-0.1, -0.05) is 13.8 Å². The summed E-state index contributed by atoms with van der Waals surface area (Å²) in [5, 5.41) is 4.85. The van der Waals surface area contributed by atoms with E-state index in [0.29, 0.717) is 6.04 Å². The first-order valence-electron chi connectivity index (χ1n) is 6.02. The molecule has 0 aliphatic heterocycles. The van der Waals surface area contributed by atoms with E-state index in [1.165, 1.54) is 16.3 Å². The van der Waals surface area contributed by atoms with E-state index >= 15 is 0 Å². The van der Waals surface area contributed by atoms with Gasteiger partial charge in [0.2, 0.25) is 0 Å². The van der Waals surface area contributed by atoms with Crippen molar-refractivity contribution in [3.63, 3.8) is 0 Å². The average Bonchev–Trinajstić information content (AvgIpc) is 2.49. The fourth-order valence-electron chi connectivity index (χ4n) is 2.09. The van der Waals surface area contributed by atoms with Crippen molar-refractivity contribution >= 4 is 11.3 Å². The molecule has 1 aromatic heterocycles. The summed E-state index contributed by atoms with van der Waals surface area (Å²) in [7, 11) is 0. The highest BCUT2D eigenvalue weighted by Crippen LogP contribution is 2.25. The molecule has 0 radical (unpaired) electrons. The van der Waals surface area contributed by atoms with Crippen molar-refractivity contribution in [2.75, 3.05) is 0 Å². The quantitative estimate of drug-likeness (QED) is 0.848. The summed E-state index contributed by atoms with van der Waals surface area (Å²) in [6.45, 7) is 13.3. The van der Waals surface area contributed by atoms with Crippen molar-refractivity contribution in [3.05, 3.63) is 16.1 Å². The first kappa shape index (κ1) is 13.7. The van der Waals surface area contributed by atoms with Crippen LogP contribution in [-0.2, 0) is 5.54 Å². The summed E-state index contributed by atoms with van der Waals surface area (Å²) in [5.74, 6) is 0.733. The molecule has 0 fully saturated rings. The third-order valence-electron chi connectivity index (χ3n) is 2.59. The predicted octanol–water partition coefficient (Wildman–Crippen LogP) is 3.71. The van der Waals surface area contributed by atoms with Gasteiger partial charge in [0, 0.05) is 17.1 Å². The zero-order valence-corrected chi connectivity index (χ0v) is 12.1. The number of hydrogen-bond acceptors (Lipinski definition) is 3. The van der Waals surface area contributed by atoms with E-state index < -0.39 is 0 Å². The molecule has 1 heterocycles. The van der Waals surface area contributed by atoms with Crippen LogP contribution in [0.4, 0.5) is 0 Å². The second-order valence-corrected chi connectivity index (χ2v) is 6.81. The van der Waals surface area contributed by atoms with Crippen molar-refractivity contribution in [3.8, 4) is 0 Å². The molecule has 1 N–H and O–H groups in total. The lowest BCUT2D eigenvalue weighted by Crippen LogP contribution is -2.42. The molecule has 0 amide bonds. The number of nitrogens with zero attached hydrogens (tertiary/aromatic N) is 1. The molecule has 0 spiro atoms. The summed E-state index contributed by atoms with van der Waals surface area (Å²) in [6, 6.07) is 0.527. The van der Waals surface area contributed by atoms with Crippen molar-refractivity contribution in [2.45, 2.75) is 59.5 Å². The van der Waals surface area contributed by atoms with Gasteiger partial charge < -0.3 is 5.32 Å². The first-order chi connectivity index (χ1) is 7.31. The molecule has 0 aliphatic carbocycles. The normalized spacial score (nSPS) is 14.4. The molecule has 1 rings (SSSR count). The number of aryl methyl sites for hydroxylation is 1. The summed E-state index contributed by atoms with van der Waals surface area (Å²) in [6.07, 6.45) is 3.16. The van der Waals surface area contributed by atoms with Crippen molar-refractivity contribution in [2.24, 2.45) is 5.92 Å². The number of rotatable bonds is 5. The molecule has 0 bridgehead atoms. The van der Waals surface area contributed by atoms with Crippen LogP contribution in [-0.4, -0.2) is 11.0 Å². The van der Waals surface area contributed by atoms with Crippen LogP contribution in [0.1, 0.15) is 50.9 Å². The van der Waals surface area contributed by atoms with Gasteiger partial charge in [0.15, 0.2) is 0 Å². The van der Waals surface area contributed by atoms with E-state index in [-0.39, 0.29) is 5.54 Å². The topological polar surface area (TPSA) is 24.9 Å². The summed E-state index contributed by atoms with van der Waals surface area (Å²) >= 11 is 1.78. The molecule has 1 atom stereocenters. The molecule has 16 heavy (non-hydrogen) atoms. The Kier molecular flexibility index (Phi) is 4.51. The van der Waals surface area contributed by atoms with Crippen molar-refractivity contribution < 1.29 is 0 Å². The summed E-state index contributed by atoms with van der Waals surface area (Å²) in [4.78, 5) is 5.75. The second kappa shape index (κ2) is 5.28. The molecule has 0 aliphatic rings. The third kappa shape index (κ3) is 3.87.